The van der Waals surface area contributed by atoms with Gasteiger partial charge in [-0.1, -0.05) is 12.1 Å². The van der Waals surface area contributed by atoms with Gasteiger partial charge in [0.1, 0.15) is 5.01 Å². The zero-order chi connectivity index (χ0) is 18.0. The summed E-state index contributed by atoms with van der Waals surface area (Å²) in [5, 5.41) is 3.51. The molecule has 1 amide bonds. The molecule has 1 aromatic heterocycles. The zero-order valence-electron chi connectivity index (χ0n) is 13.8. The molecule has 25 heavy (non-hydrogen) atoms. The summed E-state index contributed by atoms with van der Waals surface area (Å²) in [6.07, 6.45) is 0. The summed E-state index contributed by atoms with van der Waals surface area (Å²) in [7, 11) is 1.82. The molecule has 0 aliphatic rings. The summed E-state index contributed by atoms with van der Waals surface area (Å²) >= 11 is 1.59. The number of halogens is 2. The van der Waals surface area contributed by atoms with E-state index in [1.807, 2.05) is 36.2 Å². The first kappa shape index (κ1) is 17.4. The molecule has 0 aliphatic carbocycles. The van der Waals surface area contributed by atoms with E-state index in [0.717, 1.165) is 27.4 Å². The van der Waals surface area contributed by atoms with Gasteiger partial charge in [0.05, 0.1) is 22.8 Å². The molecule has 0 bridgehead atoms. The molecule has 0 aliphatic heterocycles. The third-order valence-electron chi connectivity index (χ3n) is 3.95. The van der Waals surface area contributed by atoms with Crippen LogP contribution in [0.15, 0.2) is 42.5 Å². The average molecular weight is 361 g/mol. The molecule has 4 nitrogen and oxygen atoms in total. The van der Waals surface area contributed by atoms with Crippen LogP contribution in [0, 0.1) is 11.6 Å². The first-order valence-corrected chi connectivity index (χ1v) is 8.56. The maximum Gasteiger partial charge on any atom is 0.241 e. The lowest BCUT2D eigenvalue weighted by molar-refractivity contribution is -0.120. The lowest BCUT2D eigenvalue weighted by Crippen LogP contribution is -2.39. The van der Waals surface area contributed by atoms with Crippen LogP contribution < -0.4 is 5.32 Å². The number of para-hydroxylation sites is 1. The zero-order valence-corrected chi connectivity index (χ0v) is 14.6. The van der Waals surface area contributed by atoms with E-state index in [1.54, 1.807) is 18.3 Å². The molecule has 1 heterocycles. The third kappa shape index (κ3) is 4.00. The SMILES string of the molecule is CC(C(=O)Nc1ccc(F)c(F)c1)N(C)Cc1nc2ccccc2s1. The van der Waals surface area contributed by atoms with Gasteiger partial charge in [-0.2, -0.15) is 0 Å². The normalized spacial score (nSPS) is 12.5. The molecule has 3 aromatic rings. The van der Waals surface area contributed by atoms with E-state index < -0.39 is 17.7 Å². The van der Waals surface area contributed by atoms with Crippen LogP contribution in [-0.4, -0.2) is 28.9 Å². The van der Waals surface area contributed by atoms with E-state index in [2.05, 4.69) is 10.3 Å². The molecule has 1 unspecified atom stereocenters. The van der Waals surface area contributed by atoms with Crippen LogP contribution in [0.2, 0.25) is 0 Å². The Morgan fingerprint density at radius 2 is 2.00 bits per heavy atom. The van der Waals surface area contributed by atoms with Gasteiger partial charge in [0, 0.05) is 11.8 Å². The maximum absolute atomic E-state index is 13.2. The van der Waals surface area contributed by atoms with Crippen molar-refractivity contribution < 1.29 is 13.6 Å². The Balaban J connectivity index is 1.65. The second-order valence-electron chi connectivity index (χ2n) is 5.78. The number of thiazole rings is 1. The lowest BCUT2D eigenvalue weighted by atomic mass is 10.2. The van der Waals surface area contributed by atoms with Crippen LogP contribution >= 0.6 is 11.3 Å². The number of nitrogens with one attached hydrogen (secondary N) is 1. The number of anilines is 1. The van der Waals surface area contributed by atoms with Gasteiger partial charge >= 0.3 is 0 Å². The number of carbonyl (C=O) groups excluding carboxylic acids is 1. The second kappa shape index (κ2) is 7.25. The van der Waals surface area contributed by atoms with Gasteiger partial charge in [-0.3, -0.25) is 9.69 Å². The number of amides is 1. The third-order valence-corrected chi connectivity index (χ3v) is 4.97. The minimum absolute atomic E-state index is 0.226. The molecule has 0 radical (unpaired) electrons. The molecular weight excluding hydrogens is 344 g/mol. The van der Waals surface area contributed by atoms with E-state index in [1.165, 1.54) is 6.07 Å². The highest BCUT2D eigenvalue weighted by Gasteiger charge is 2.20. The number of hydrogen-bond acceptors (Lipinski definition) is 4. The summed E-state index contributed by atoms with van der Waals surface area (Å²) in [4.78, 5) is 18.7. The predicted octanol–water partition coefficient (Wildman–Crippen LogP) is 4.03. The topological polar surface area (TPSA) is 45.2 Å². The molecule has 3 rings (SSSR count). The van der Waals surface area contributed by atoms with E-state index in [9.17, 15) is 13.6 Å². The highest BCUT2D eigenvalue weighted by Crippen LogP contribution is 2.23. The van der Waals surface area contributed by atoms with Gasteiger partial charge in [-0.05, 0) is 38.2 Å². The van der Waals surface area contributed by atoms with Gasteiger partial charge < -0.3 is 5.32 Å². The molecule has 7 heteroatoms. The molecule has 1 N–H and O–H groups in total. The standard InChI is InChI=1S/C18H17F2N3OS/c1-11(18(24)21-12-7-8-13(19)14(20)9-12)23(2)10-17-22-15-5-3-4-6-16(15)25-17/h3-9,11H,10H2,1-2H3,(H,21,24). The Morgan fingerprint density at radius 1 is 1.24 bits per heavy atom. The molecular formula is C18H17F2N3OS. The summed E-state index contributed by atoms with van der Waals surface area (Å²) in [6, 6.07) is 10.7. The number of rotatable bonds is 5. The van der Waals surface area contributed by atoms with Gasteiger partial charge in [-0.15, -0.1) is 11.3 Å². The highest BCUT2D eigenvalue weighted by atomic mass is 32.1. The van der Waals surface area contributed by atoms with Crippen molar-refractivity contribution in [2.24, 2.45) is 0 Å². The molecule has 130 valence electrons. The minimum atomic E-state index is -0.992. The number of hydrogen-bond donors (Lipinski definition) is 1. The molecule has 0 spiro atoms. The number of nitrogens with zero attached hydrogens (tertiary/aromatic N) is 2. The predicted molar refractivity (Wildman–Crippen MR) is 95.5 cm³/mol. The van der Waals surface area contributed by atoms with Gasteiger partial charge in [0.15, 0.2) is 11.6 Å². The van der Waals surface area contributed by atoms with Crippen molar-refractivity contribution in [2.45, 2.75) is 19.5 Å². The fourth-order valence-corrected chi connectivity index (χ4v) is 3.39. The van der Waals surface area contributed by atoms with Gasteiger partial charge in [-0.25, -0.2) is 13.8 Å². The Hall–Kier alpha value is -2.38. The van der Waals surface area contributed by atoms with Crippen LogP contribution in [0.5, 0.6) is 0 Å². The van der Waals surface area contributed by atoms with E-state index in [4.69, 9.17) is 0 Å². The molecule has 0 saturated heterocycles. The van der Waals surface area contributed by atoms with Crippen molar-refractivity contribution in [1.82, 2.24) is 9.88 Å². The molecule has 0 fully saturated rings. The van der Waals surface area contributed by atoms with Crippen LogP contribution in [0.25, 0.3) is 10.2 Å². The van der Waals surface area contributed by atoms with Crippen molar-refractivity contribution in [3.05, 3.63) is 59.1 Å². The van der Waals surface area contributed by atoms with E-state index >= 15 is 0 Å². The summed E-state index contributed by atoms with van der Waals surface area (Å²) in [5.74, 6) is -2.23. The summed E-state index contributed by atoms with van der Waals surface area (Å²) in [5.41, 5.74) is 1.17. The van der Waals surface area contributed by atoms with E-state index in [-0.39, 0.29) is 11.6 Å². The lowest BCUT2D eigenvalue weighted by Gasteiger charge is -2.22. The molecule has 0 saturated carbocycles. The van der Waals surface area contributed by atoms with Crippen molar-refractivity contribution in [3.63, 3.8) is 0 Å². The number of aromatic nitrogens is 1. The van der Waals surface area contributed by atoms with Crippen LogP contribution in [0.1, 0.15) is 11.9 Å². The fraction of sp³-hybridized carbons (Fsp3) is 0.222. The molecule has 1 atom stereocenters. The quantitative estimate of drug-likeness (QED) is 0.746. The first-order valence-electron chi connectivity index (χ1n) is 7.74. The van der Waals surface area contributed by atoms with Crippen molar-refractivity contribution in [3.8, 4) is 0 Å². The Morgan fingerprint density at radius 3 is 2.72 bits per heavy atom. The Bertz CT molecular complexity index is 879. The smallest absolute Gasteiger partial charge is 0.241 e. The molecule has 2 aromatic carbocycles. The number of fused-ring (bicyclic) bond motifs is 1. The van der Waals surface area contributed by atoms with E-state index in [0.29, 0.717) is 6.54 Å². The maximum atomic E-state index is 13.2. The largest absolute Gasteiger partial charge is 0.325 e. The van der Waals surface area contributed by atoms with Crippen LogP contribution in [-0.2, 0) is 11.3 Å². The van der Waals surface area contributed by atoms with Crippen molar-refractivity contribution in [1.29, 1.82) is 0 Å². The van der Waals surface area contributed by atoms with Crippen LogP contribution in [0.3, 0.4) is 0 Å². The number of likely N-dealkylation sites (N-methyl/N-ethyl adjacent to an activating group) is 1. The first-order chi connectivity index (χ1) is 11.9. The highest BCUT2D eigenvalue weighted by molar-refractivity contribution is 7.18. The minimum Gasteiger partial charge on any atom is -0.325 e. The number of carbonyl (C=O) groups is 1. The second-order valence-corrected chi connectivity index (χ2v) is 6.90. The monoisotopic (exact) mass is 361 g/mol. The average Bonchev–Trinajstić information content (AvgIpc) is 2.99. The van der Waals surface area contributed by atoms with Gasteiger partial charge in [0.2, 0.25) is 5.91 Å². The Labute approximate surface area is 148 Å². The summed E-state index contributed by atoms with van der Waals surface area (Å²) < 4.78 is 27.3. The van der Waals surface area contributed by atoms with Crippen molar-refractivity contribution >= 4 is 33.1 Å². The number of benzene rings is 2. The summed E-state index contributed by atoms with van der Waals surface area (Å²) in [6.45, 7) is 2.27. The Kier molecular flexibility index (Phi) is 5.06. The van der Waals surface area contributed by atoms with Crippen LogP contribution in [0.4, 0.5) is 14.5 Å². The fourth-order valence-electron chi connectivity index (χ4n) is 2.36. The van der Waals surface area contributed by atoms with Crippen molar-refractivity contribution in [2.75, 3.05) is 12.4 Å². The van der Waals surface area contributed by atoms with Gasteiger partial charge in [0.25, 0.3) is 0 Å².